The maximum atomic E-state index is 6.40. The number of hydrogen-bond acceptors (Lipinski definition) is 5. The van der Waals surface area contributed by atoms with Crippen LogP contribution in [0.5, 0.6) is 0 Å². The molecule has 120 valence electrons. The molecule has 0 fully saturated rings. The highest BCUT2D eigenvalue weighted by Crippen LogP contribution is 2.34. The Morgan fingerprint density at radius 3 is 2.91 bits per heavy atom. The fourth-order valence-corrected chi connectivity index (χ4v) is 4.22. The SMILES string of the molecule is Clc1ccc(CSC2=NC3=NC4=C(CCCC4Cl)CN3N2)cc1. The molecule has 0 bridgehead atoms. The summed E-state index contributed by atoms with van der Waals surface area (Å²) < 4.78 is 0. The predicted molar refractivity (Wildman–Crippen MR) is 98.0 cm³/mol. The molecular formula is C16H16Cl2N4S. The van der Waals surface area contributed by atoms with Crippen molar-refractivity contribution in [2.75, 3.05) is 6.54 Å². The maximum absolute atomic E-state index is 6.40. The molecule has 1 atom stereocenters. The Bertz CT molecular complexity index is 711. The molecule has 1 aromatic carbocycles. The van der Waals surface area contributed by atoms with Crippen molar-refractivity contribution in [3.05, 3.63) is 46.1 Å². The minimum absolute atomic E-state index is 0.0365. The molecule has 1 aromatic rings. The number of guanidine groups is 1. The van der Waals surface area contributed by atoms with Gasteiger partial charge in [0, 0.05) is 10.8 Å². The Hall–Kier alpha value is -1.17. The molecule has 0 radical (unpaired) electrons. The molecule has 23 heavy (non-hydrogen) atoms. The van der Waals surface area contributed by atoms with Crippen LogP contribution >= 0.6 is 35.0 Å². The molecule has 7 heteroatoms. The third-order valence-corrected chi connectivity index (χ3v) is 5.74. The lowest BCUT2D eigenvalue weighted by molar-refractivity contribution is 0.398. The van der Waals surface area contributed by atoms with Gasteiger partial charge < -0.3 is 0 Å². The van der Waals surface area contributed by atoms with Crippen LogP contribution in [0.25, 0.3) is 0 Å². The number of aliphatic imine (C=N–C) groups is 2. The molecule has 2 aliphatic heterocycles. The number of alkyl halides is 1. The minimum Gasteiger partial charge on any atom is -0.273 e. The number of thioether (sulfide) groups is 1. The lowest BCUT2D eigenvalue weighted by Gasteiger charge is -2.30. The second kappa shape index (κ2) is 6.38. The second-order valence-corrected chi connectivity index (χ2v) is 7.72. The first-order valence-corrected chi connectivity index (χ1v) is 9.44. The van der Waals surface area contributed by atoms with E-state index in [-0.39, 0.29) is 5.38 Å². The van der Waals surface area contributed by atoms with Crippen LogP contribution in [0.2, 0.25) is 5.02 Å². The van der Waals surface area contributed by atoms with Crippen molar-refractivity contribution in [2.45, 2.75) is 30.4 Å². The Morgan fingerprint density at radius 2 is 2.09 bits per heavy atom. The highest BCUT2D eigenvalue weighted by Gasteiger charge is 2.31. The van der Waals surface area contributed by atoms with Crippen molar-refractivity contribution in [3.8, 4) is 0 Å². The van der Waals surface area contributed by atoms with Gasteiger partial charge in [0.2, 0.25) is 5.96 Å². The van der Waals surface area contributed by atoms with Gasteiger partial charge in [-0.15, -0.1) is 11.6 Å². The van der Waals surface area contributed by atoms with Crippen molar-refractivity contribution >= 4 is 46.1 Å². The Labute approximate surface area is 149 Å². The first-order chi connectivity index (χ1) is 11.2. The molecule has 0 saturated carbocycles. The molecule has 0 aromatic heterocycles. The summed E-state index contributed by atoms with van der Waals surface area (Å²) in [5, 5.41) is 3.69. The van der Waals surface area contributed by atoms with Gasteiger partial charge in [0.15, 0.2) is 5.17 Å². The van der Waals surface area contributed by atoms with Crippen molar-refractivity contribution in [1.29, 1.82) is 0 Å². The molecule has 3 aliphatic rings. The van der Waals surface area contributed by atoms with Crippen LogP contribution in [0.3, 0.4) is 0 Å². The van der Waals surface area contributed by atoms with Crippen LogP contribution < -0.4 is 5.43 Å². The van der Waals surface area contributed by atoms with Gasteiger partial charge in [0.05, 0.1) is 17.6 Å². The van der Waals surface area contributed by atoms with Crippen LogP contribution in [0.1, 0.15) is 24.8 Å². The van der Waals surface area contributed by atoms with E-state index < -0.39 is 0 Å². The van der Waals surface area contributed by atoms with E-state index in [2.05, 4.69) is 15.4 Å². The van der Waals surface area contributed by atoms with Gasteiger partial charge >= 0.3 is 0 Å². The summed E-state index contributed by atoms with van der Waals surface area (Å²) in [5.41, 5.74) is 6.93. The largest absolute Gasteiger partial charge is 0.273 e. The van der Waals surface area contributed by atoms with Crippen LogP contribution in [-0.4, -0.2) is 28.1 Å². The minimum atomic E-state index is 0.0365. The number of hydrogen-bond donors (Lipinski definition) is 1. The predicted octanol–water partition coefficient (Wildman–Crippen LogP) is 4.16. The highest BCUT2D eigenvalue weighted by molar-refractivity contribution is 8.13. The fourth-order valence-electron chi connectivity index (χ4n) is 2.92. The molecular weight excluding hydrogens is 351 g/mol. The Morgan fingerprint density at radius 1 is 1.26 bits per heavy atom. The summed E-state index contributed by atoms with van der Waals surface area (Å²) in [6, 6.07) is 7.89. The second-order valence-electron chi connectivity index (χ2n) is 5.79. The lowest BCUT2D eigenvalue weighted by Crippen LogP contribution is -2.42. The summed E-state index contributed by atoms with van der Waals surface area (Å²) >= 11 is 14.0. The zero-order valence-electron chi connectivity index (χ0n) is 12.4. The van der Waals surface area contributed by atoms with Crippen LogP contribution in [0.15, 0.2) is 45.5 Å². The zero-order valence-corrected chi connectivity index (χ0v) is 14.8. The summed E-state index contributed by atoms with van der Waals surface area (Å²) in [4.78, 5) is 9.27. The van der Waals surface area contributed by atoms with Crippen molar-refractivity contribution in [3.63, 3.8) is 0 Å². The van der Waals surface area contributed by atoms with E-state index in [1.165, 1.54) is 11.1 Å². The third-order valence-electron chi connectivity index (χ3n) is 4.13. The number of nitrogens with zero attached hydrogens (tertiary/aromatic N) is 3. The van der Waals surface area contributed by atoms with E-state index in [1.54, 1.807) is 11.8 Å². The third kappa shape index (κ3) is 3.23. The average molecular weight is 367 g/mol. The number of nitrogens with one attached hydrogen (secondary N) is 1. The topological polar surface area (TPSA) is 40.0 Å². The number of rotatable bonds is 2. The zero-order chi connectivity index (χ0) is 15.8. The van der Waals surface area contributed by atoms with Gasteiger partial charge in [0.25, 0.3) is 0 Å². The first-order valence-electron chi connectivity index (χ1n) is 7.64. The summed E-state index contributed by atoms with van der Waals surface area (Å²) in [6.07, 6.45) is 3.23. The molecule has 0 saturated heterocycles. The normalized spacial score (nSPS) is 23.0. The van der Waals surface area contributed by atoms with Gasteiger partial charge in [-0.25, -0.2) is 10.0 Å². The van der Waals surface area contributed by atoms with E-state index in [0.29, 0.717) is 0 Å². The molecule has 4 nitrogen and oxygen atoms in total. The van der Waals surface area contributed by atoms with Gasteiger partial charge in [-0.1, -0.05) is 35.5 Å². The highest BCUT2D eigenvalue weighted by atomic mass is 35.5. The van der Waals surface area contributed by atoms with Crippen LogP contribution in [0.4, 0.5) is 0 Å². The van der Waals surface area contributed by atoms with Gasteiger partial charge in [0.1, 0.15) is 0 Å². The average Bonchev–Trinajstić information content (AvgIpc) is 2.95. The summed E-state index contributed by atoms with van der Waals surface area (Å²) in [7, 11) is 0. The Kier molecular flexibility index (Phi) is 4.26. The van der Waals surface area contributed by atoms with Gasteiger partial charge in [-0.05, 0) is 42.5 Å². The van der Waals surface area contributed by atoms with Crippen LogP contribution in [-0.2, 0) is 5.75 Å². The van der Waals surface area contributed by atoms with E-state index >= 15 is 0 Å². The number of fused-ring (bicyclic) bond motifs is 1. The fraction of sp³-hybridized carbons (Fsp3) is 0.375. The monoisotopic (exact) mass is 366 g/mol. The molecule has 0 spiro atoms. The number of benzene rings is 1. The first kappa shape index (κ1) is 15.4. The lowest BCUT2D eigenvalue weighted by atomic mass is 9.95. The summed E-state index contributed by atoms with van der Waals surface area (Å²) in [5.74, 6) is 1.57. The number of amidine groups is 1. The van der Waals surface area contributed by atoms with E-state index in [0.717, 1.165) is 53.4 Å². The number of allylic oxidation sites excluding steroid dienone is 1. The van der Waals surface area contributed by atoms with E-state index in [1.807, 2.05) is 29.3 Å². The van der Waals surface area contributed by atoms with Crippen molar-refractivity contribution in [1.82, 2.24) is 10.4 Å². The molecule has 2 heterocycles. The van der Waals surface area contributed by atoms with Gasteiger partial charge in [-0.3, -0.25) is 5.43 Å². The molecule has 0 amide bonds. The molecule has 1 aliphatic carbocycles. The standard InChI is InChI=1S/C16H16Cl2N4S/c17-12-6-4-10(5-7-12)9-23-16-20-15-19-14-11(8-22(15)21-16)2-1-3-13(14)18/h4-7,13H,1-3,8-9H2,(H,19,20,21). The van der Waals surface area contributed by atoms with E-state index in [9.17, 15) is 0 Å². The molecule has 4 rings (SSSR count). The molecule has 1 unspecified atom stereocenters. The Balaban J connectivity index is 1.45. The van der Waals surface area contributed by atoms with Crippen molar-refractivity contribution < 1.29 is 0 Å². The van der Waals surface area contributed by atoms with Gasteiger partial charge in [-0.2, -0.15) is 4.99 Å². The number of halogens is 2. The number of hydrazine groups is 1. The van der Waals surface area contributed by atoms with E-state index in [4.69, 9.17) is 23.2 Å². The quantitative estimate of drug-likeness (QED) is 0.798. The van der Waals surface area contributed by atoms with Crippen LogP contribution in [0, 0.1) is 0 Å². The maximum Gasteiger partial charge on any atom is 0.247 e. The smallest absolute Gasteiger partial charge is 0.247 e. The summed E-state index contributed by atoms with van der Waals surface area (Å²) in [6.45, 7) is 0.825. The van der Waals surface area contributed by atoms with Crippen molar-refractivity contribution in [2.24, 2.45) is 9.98 Å². The molecule has 1 N–H and O–H groups in total.